The fourth-order valence-electron chi connectivity index (χ4n) is 7.44. The van der Waals surface area contributed by atoms with E-state index in [2.05, 4.69) is 158 Å². The van der Waals surface area contributed by atoms with E-state index in [9.17, 15) is 0 Å². The molecule has 0 unspecified atom stereocenters. The van der Waals surface area contributed by atoms with Crippen molar-refractivity contribution in [3.63, 3.8) is 0 Å². The van der Waals surface area contributed by atoms with Crippen LogP contribution in [0.1, 0.15) is 62.6 Å². The zero-order valence-electron chi connectivity index (χ0n) is 25.3. The lowest BCUT2D eigenvalue weighted by Crippen LogP contribution is -2.28. The van der Waals surface area contributed by atoms with Crippen LogP contribution in [-0.4, -0.2) is 0 Å². The largest absolute Gasteiger partial charge is 0.310 e. The van der Waals surface area contributed by atoms with Gasteiger partial charge in [0, 0.05) is 22.4 Å². The van der Waals surface area contributed by atoms with Gasteiger partial charge in [-0.15, -0.1) is 0 Å². The third-order valence-electron chi connectivity index (χ3n) is 9.57. The van der Waals surface area contributed by atoms with Gasteiger partial charge >= 0.3 is 0 Å². The minimum atomic E-state index is 0.114. The summed E-state index contributed by atoms with van der Waals surface area (Å²) in [6.45, 7) is 4.24. The van der Waals surface area contributed by atoms with Crippen molar-refractivity contribution in [3.8, 4) is 22.3 Å². The summed E-state index contributed by atoms with van der Waals surface area (Å²) in [6.07, 6.45) is 12.7. The second-order valence-corrected chi connectivity index (χ2v) is 12.1. The third kappa shape index (κ3) is 4.83. The summed E-state index contributed by atoms with van der Waals surface area (Å²) in [6, 6.07) is 45.1. The van der Waals surface area contributed by atoms with Gasteiger partial charge in [-0.05, 0) is 96.0 Å². The topological polar surface area (TPSA) is 3.24 Å². The molecule has 1 heteroatoms. The van der Waals surface area contributed by atoms with Gasteiger partial charge in [0.05, 0.1) is 5.69 Å². The molecule has 212 valence electrons. The smallest absolute Gasteiger partial charge is 0.0540 e. The summed E-state index contributed by atoms with van der Waals surface area (Å²) in [5, 5.41) is 0. The van der Waals surface area contributed by atoms with E-state index in [0.29, 0.717) is 0 Å². The Morgan fingerprint density at radius 3 is 2.05 bits per heavy atom. The third-order valence-corrected chi connectivity index (χ3v) is 9.57. The minimum Gasteiger partial charge on any atom is -0.310 e. The van der Waals surface area contributed by atoms with Gasteiger partial charge < -0.3 is 4.90 Å². The van der Waals surface area contributed by atoms with Gasteiger partial charge in [0.25, 0.3) is 0 Å². The van der Waals surface area contributed by atoms with Crippen molar-refractivity contribution in [2.75, 3.05) is 4.90 Å². The van der Waals surface area contributed by atoms with Gasteiger partial charge in [-0.25, -0.2) is 0 Å². The molecule has 0 aromatic heterocycles. The highest BCUT2D eigenvalue weighted by Crippen LogP contribution is 2.57. The molecule has 43 heavy (non-hydrogen) atoms. The lowest BCUT2D eigenvalue weighted by atomic mass is 9.68. The summed E-state index contributed by atoms with van der Waals surface area (Å²) < 4.78 is 0. The Bertz CT molecular complexity index is 1800. The van der Waals surface area contributed by atoms with Crippen molar-refractivity contribution in [3.05, 3.63) is 156 Å². The van der Waals surface area contributed by atoms with Gasteiger partial charge in [-0.3, -0.25) is 0 Å². The molecule has 0 heterocycles. The van der Waals surface area contributed by atoms with E-state index in [1.807, 2.05) is 0 Å². The first-order chi connectivity index (χ1) is 21.2. The van der Waals surface area contributed by atoms with E-state index in [4.69, 9.17) is 0 Å². The molecule has 2 aliphatic carbocycles. The van der Waals surface area contributed by atoms with Crippen molar-refractivity contribution < 1.29 is 0 Å². The Morgan fingerprint density at radius 1 is 0.628 bits per heavy atom. The number of fused-ring (bicyclic) bond motifs is 5. The number of para-hydroxylation sites is 1. The molecule has 5 aromatic carbocycles. The fraction of sp³-hybridized carbons (Fsp3) is 0.190. The number of benzene rings is 5. The van der Waals surface area contributed by atoms with E-state index in [-0.39, 0.29) is 5.41 Å². The summed E-state index contributed by atoms with van der Waals surface area (Å²) in [7, 11) is 0. The lowest BCUT2D eigenvalue weighted by molar-refractivity contribution is 0.353. The van der Waals surface area contributed by atoms with Crippen LogP contribution in [0, 0.1) is 0 Å². The molecule has 0 saturated heterocycles. The van der Waals surface area contributed by atoms with Crippen molar-refractivity contribution >= 4 is 22.6 Å². The van der Waals surface area contributed by atoms with Crippen molar-refractivity contribution in [1.29, 1.82) is 0 Å². The Kier molecular flexibility index (Phi) is 7.33. The molecule has 1 spiro atoms. The zero-order chi connectivity index (χ0) is 29.2. The average molecular weight is 558 g/mol. The van der Waals surface area contributed by atoms with Crippen molar-refractivity contribution in [2.24, 2.45) is 0 Å². The summed E-state index contributed by atoms with van der Waals surface area (Å²) in [5.41, 5.74) is 14.5. The maximum Gasteiger partial charge on any atom is 0.0540 e. The number of hydrogen-bond acceptors (Lipinski definition) is 1. The molecule has 0 aliphatic heterocycles. The maximum atomic E-state index is 2.52. The SMILES string of the molecule is C/C=C\C=C(/C)c1ccc(N(c2ccc3c(c2)C2(CCCCC2)c2ccccc2-3)c2ccccc2-c2ccccc2)cc1. The predicted octanol–water partition coefficient (Wildman–Crippen LogP) is 12.0. The molecule has 1 nitrogen and oxygen atoms in total. The normalized spacial score (nSPS) is 15.4. The van der Waals surface area contributed by atoms with Crippen LogP contribution in [0.15, 0.2) is 140 Å². The number of nitrogens with zero attached hydrogens (tertiary/aromatic N) is 1. The van der Waals surface area contributed by atoms with Gasteiger partial charge in [0.1, 0.15) is 0 Å². The Labute approximate surface area is 256 Å². The van der Waals surface area contributed by atoms with Crippen LogP contribution in [-0.2, 0) is 5.41 Å². The summed E-state index contributed by atoms with van der Waals surface area (Å²) in [5.74, 6) is 0. The first-order valence-electron chi connectivity index (χ1n) is 15.8. The first-order valence-corrected chi connectivity index (χ1v) is 15.8. The zero-order valence-corrected chi connectivity index (χ0v) is 25.3. The predicted molar refractivity (Wildman–Crippen MR) is 184 cm³/mol. The standard InChI is InChI=1S/C42H39N/c1-3-4-15-31(2)32-22-24-34(25-23-32)43(41-21-12-10-18-36(41)33-16-7-5-8-17-33)35-26-27-38-37-19-9-11-20-39(37)42(40(38)30-35)28-13-6-14-29-42/h3-5,7-12,15-27,30H,6,13-14,28-29H2,1-2H3/b4-3-,31-15+. The van der Waals surface area contributed by atoms with Crippen LogP contribution in [0.25, 0.3) is 27.8 Å². The number of allylic oxidation sites excluding steroid dienone is 4. The lowest BCUT2D eigenvalue weighted by Gasteiger charge is -2.36. The van der Waals surface area contributed by atoms with Gasteiger partial charge in [-0.1, -0.05) is 128 Å². The highest BCUT2D eigenvalue weighted by Gasteiger charge is 2.43. The van der Waals surface area contributed by atoms with E-state index in [1.54, 1.807) is 0 Å². The Morgan fingerprint density at radius 2 is 1.28 bits per heavy atom. The molecule has 0 amide bonds. The molecule has 2 aliphatic rings. The monoisotopic (exact) mass is 557 g/mol. The van der Waals surface area contributed by atoms with Gasteiger partial charge in [0.15, 0.2) is 0 Å². The van der Waals surface area contributed by atoms with Crippen LogP contribution in [0.2, 0.25) is 0 Å². The van der Waals surface area contributed by atoms with E-state index >= 15 is 0 Å². The molecule has 5 aromatic rings. The highest BCUT2D eigenvalue weighted by atomic mass is 15.1. The van der Waals surface area contributed by atoms with Crippen LogP contribution in [0.5, 0.6) is 0 Å². The van der Waals surface area contributed by atoms with Gasteiger partial charge in [-0.2, -0.15) is 0 Å². The quantitative estimate of drug-likeness (QED) is 0.188. The molecular formula is C42H39N. The van der Waals surface area contributed by atoms with E-state index in [1.165, 1.54) is 93.7 Å². The number of anilines is 3. The summed E-state index contributed by atoms with van der Waals surface area (Å²) >= 11 is 0. The van der Waals surface area contributed by atoms with Crippen LogP contribution in [0.3, 0.4) is 0 Å². The van der Waals surface area contributed by atoms with Crippen molar-refractivity contribution in [1.82, 2.24) is 0 Å². The number of hydrogen-bond donors (Lipinski definition) is 0. The molecular weight excluding hydrogens is 518 g/mol. The molecule has 0 N–H and O–H groups in total. The minimum absolute atomic E-state index is 0.114. The van der Waals surface area contributed by atoms with E-state index in [0.717, 1.165) is 0 Å². The first kappa shape index (κ1) is 27.2. The van der Waals surface area contributed by atoms with Crippen LogP contribution in [0.4, 0.5) is 17.1 Å². The molecule has 0 atom stereocenters. The average Bonchev–Trinajstić information content (AvgIpc) is 3.33. The number of rotatable bonds is 6. The highest BCUT2D eigenvalue weighted by molar-refractivity contribution is 5.90. The van der Waals surface area contributed by atoms with Crippen LogP contribution < -0.4 is 4.90 Å². The summed E-state index contributed by atoms with van der Waals surface area (Å²) in [4.78, 5) is 2.47. The van der Waals surface area contributed by atoms with E-state index < -0.39 is 0 Å². The second kappa shape index (κ2) is 11.6. The maximum absolute atomic E-state index is 2.52. The molecule has 0 bridgehead atoms. The molecule has 1 saturated carbocycles. The fourth-order valence-corrected chi connectivity index (χ4v) is 7.44. The van der Waals surface area contributed by atoms with Crippen LogP contribution >= 0.6 is 0 Å². The molecule has 0 radical (unpaired) electrons. The van der Waals surface area contributed by atoms with Gasteiger partial charge in [0.2, 0.25) is 0 Å². The second-order valence-electron chi connectivity index (χ2n) is 12.1. The molecule has 1 fully saturated rings. The Balaban J connectivity index is 1.42. The molecule has 7 rings (SSSR count). The van der Waals surface area contributed by atoms with Crippen molar-refractivity contribution in [2.45, 2.75) is 51.4 Å². The Hall–Kier alpha value is -4.62.